The fourth-order valence-corrected chi connectivity index (χ4v) is 3.68. The molecule has 1 heterocycles. The lowest BCUT2D eigenvalue weighted by molar-refractivity contribution is -0.117. The molecule has 0 radical (unpaired) electrons. The van der Waals surface area contributed by atoms with E-state index in [1.165, 1.54) is 10.8 Å². The van der Waals surface area contributed by atoms with Gasteiger partial charge in [-0.25, -0.2) is 0 Å². The van der Waals surface area contributed by atoms with Crippen LogP contribution in [0.25, 0.3) is 11.5 Å². The van der Waals surface area contributed by atoms with Gasteiger partial charge in [-0.05, 0) is 39.2 Å². The van der Waals surface area contributed by atoms with Crippen LogP contribution in [-0.2, 0) is 16.1 Å². The molecule has 0 aliphatic carbocycles. The van der Waals surface area contributed by atoms with Gasteiger partial charge in [-0.2, -0.15) is 10.5 Å². The first-order valence-electron chi connectivity index (χ1n) is 10.1. The zero-order valence-corrected chi connectivity index (χ0v) is 19.7. The van der Waals surface area contributed by atoms with Gasteiger partial charge in [0.25, 0.3) is 11.5 Å². The van der Waals surface area contributed by atoms with E-state index < -0.39 is 5.91 Å². The molecule has 0 spiro atoms. The number of hydrogen-bond acceptors (Lipinski definition) is 8. The highest BCUT2D eigenvalue weighted by Crippen LogP contribution is 2.14. The second-order valence-corrected chi connectivity index (χ2v) is 8.04. The van der Waals surface area contributed by atoms with Crippen LogP contribution in [0, 0.1) is 22.7 Å². The number of amides is 2. The van der Waals surface area contributed by atoms with Crippen LogP contribution in [0.5, 0.6) is 0 Å². The molecule has 2 aromatic rings. The Balaban J connectivity index is 2.38. The Bertz CT molecular complexity index is 1410. The summed E-state index contributed by atoms with van der Waals surface area (Å²) in [6.07, 6.45) is 1.46. The lowest BCUT2D eigenvalue weighted by Crippen LogP contribution is -2.30. The molecule has 0 aliphatic heterocycles. The van der Waals surface area contributed by atoms with Gasteiger partial charge in [0.15, 0.2) is 5.57 Å². The summed E-state index contributed by atoms with van der Waals surface area (Å²) < 4.78 is 1.91. The quantitative estimate of drug-likeness (QED) is 0.274. The van der Waals surface area contributed by atoms with E-state index in [0.717, 1.165) is 11.3 Å². The zero-order valence-electron chi connectivity index (χ0n) is 18.9. The fourth-order valence-electron chi connectivity index (χ4n) is 2.69. The molecule has 0 saturated heterocycles. The summed E-state index contributed by atoms with van der Waals surface area (Å²) in [6.45, 7) is 2.07. The molecule has 0 atom stereocenters. The van der Waals surface area contributed by atoms with Crippen LogP contribution >= 0.6 is 11.3 Å². The Morgan fingerprint density at radius 1 is 1.24 bits per heavy atom. The second kappa shape index (κ2) is 12.6. The van der Waals surface area contributed by atoms with Gasteiger partial charge in [-0.1, -0.05) is 28.9 Å². The molecule has 10 nitrogen and oxygen atoms in total. The second-order valence-electron chi connectivity index (χ2n) is 7.04. The summed E-state index contributed by atoms with van der Waals surface area (Å²) >= 11 is 1.03. The van der Waals surface area contributed by atoms with Gasteiger partial charge in [-0.3, -0.25) is 19.0 Å². The largest absolute Gasteiger partial charge is 0.355 e. The number of rotatable bonds is 8. The molecule has 0 saturated carbocycles. The number of carbonyl (C=O) groups is 2. The van der Waals surface area contributed by atoms with Gasteiger partial charge in [0, 0.05) is 24.1 Å². The maximum Gasteiger partial charge on any atom is 0.277 e. The summed E-state index contributed by atoms with van der Waals surface area (Å²) in [6, 6.07) is 10.6. The predicted molar refractivity (Wildman–Crippen MR) is 130 cm³/mol. The molecular formula is C23H23N7O3S. The lowest BCUT2D eigenvalue weighted by Gasteiger charge is -2.10. The van der Waals surface area contributed by atoms with Crippen molar-refractivity contribution in [1.29, 1.82) is 10.5 Å². The van der Waals surface area contributed by atoms with Gasteiger partial charge in [-0.15, -0.1) is 0 Å². The van der Waals surface area contributed by atoms with E-state index >= 15 is 0 Å². The maximum absolute atomic E-state index is 12.7. The molecule has 3 N–H and O–H groups in total. The van der Waals surface area contributed by atoms with Gasteiger partial charge in [0.2, 0.25) is 5.91 Å². The van der Waals surface area contributed by atoms with Crippen molar-refractivity contribution in [2.24, 2.45) is 0 Å². The number of carbonyl (C=O) groups excluding carboxylic acids is 2. The molecule has 0 aliphatic rings. The van der Waals surface area contributed by atoms with Crippen LogP contribution in [-0.4, -0.2) is 48.5 Å². The minimum absolute atomic E-state index is 0.141. The number of thiazole rings is 1. The van der Waals surface area contributed by atoms with E-state index in [-0.39, 0.29) is 39.3 Å². The number of nitriles is 2. The Morgan fingerprint density at radius 2 is 1.97 bits per heavy atom. The molecule has 1 aromatic heterocycles. The number of aromatic nitrogens is 1. The highest BCUT2D eigenvalue weighted by atomic mass is 32.1. The fraction of sp³-hybridized carbons (Fsp3) is 0.261. The average molecular weight is 478 g/mol. The van der Waals surface area contributed by atoms with E-state index in [9.17, 15) is 19.6 Å². The number of nitrogens with one attached hydrogen (secondary N) is 3. The first kappa shape index (κ1) is 25.9. The van der Waals surface area contributed by atoms with E-state index in [0.29, 0.717) is 17.9 Å². The topological polar surface area (TPSA) is 143 Å². The summed E-state index contributed by atoms with van der Waals surface area (Å²) in [7, 11) is 3.61. The summed E-state index contributed by atoms with van der Waals surface area (Å²) in [5.41, 5.74) is 6.16. The number of nitrogens with zero attached hydrogens (tertiary/aromatic N) is 4. The van der Waals surface area contributed by atoms with Crippen molar-refractivity contribution in [2.75, 3.05) is 37.8 Å². The predicted octanol–water partition coefficient (Wildman–Crippen LogP) is -0.0958. The van der Waals surface area contributed by atoms with Gasteiger partial charge >= 0.3 is 0 Å². The van der Waals surface area contributed by atoms with Crippen molar-refractivity contribution in [3.63, 3.8) is 0 Å². The van der Waals surface area contributed by atoms with Crippen LogP contribution in [0.1, 0.15) is 6.92 Å². The Labute approximate surface area is 200 Å². The Morgan fingerprint density at radius 3 is 2.62 bits per heavy atom. The summed E-state index contributed by atoms with van der Waals surface area (Å²) in [5.74, 6) is -0.884. The number of likely N-dealkylation sites (N-methyl/N-ethyl adjacent to an activating group) is 1. The molecule has 0 bridgehead atoms. The molecule has 0 fully saturated rings. The third-order valence-electron chi connectivity index (χ3n) is 4.15. The SMILES string of the molecule is CCn1c(=C=C(C#N)C(=O)NCC#N)sc(=C=CNc2cccc(NC(=O)CN(C)C)c2)c1=O. The standard InChI is InChI=1S/C23H23N7O3S/c1-4-30-21(12-16(14-25)22(32)27-11-9-24)34-19(23(30)33)8-10-26-17-6-5-7-18(13-17)28-20(31)15-29(2)3/h5-7,10,13,26H,4,11,15H2,1-3H3,(H,27,32)(H,28,31). The van der Waals surface area contributed by atoms with Crippen LogP contribution in [0.15, 0.2) is 40.8 Å². The normalized spacial score (nSPS) is 9.71. The highest BCUT2D eigenvalue weighted by Gasteiger charge is 2.09. The third kappa shape index (κ3) is 7.35. The van der Waals surface area contributed by atoms with Crippen molar-refractivity contribution in [3.05, 3.63) is 55.6 Å². The monoisotopic (exact) mass is 477 g/mol. The lowest BCUT2D eigenvalue weighted by atomic mass is 10.2. The Kier molecular flexibility index (Phi) is 9.60. The van der Waals surface area contributed by atoms with E-state index in [1.807, 2.05) is 0 Å². The first-order chi connectivity index (χ1) is 16.3. The van der Waals surface area contributed by atoms with Gasteiger partial charge in [0.1, 0.15) is 21.8 Å². The van der Waals surface area contributed by atoms with Crippen LogP contribution in [0.4, 0.5) is 11.4 Å². The number of benzene rings is 1. The molecule has 1 aromatic carbocycles. The van der Waals surface area contributed by atoms with Crippen LogP contribution in [0.3, 0.4) is 0 Å². The first-order valence-corrected chi connectivity index (χ1v) is 10.9. The molecule has 2 rings (SSSR count). The van der Waals surface area contributed by atoms with Crippen molar-refractivity contribution in [2.45, 2.75) is 13.5 Å². The summed E-state index contributed by atoms with van der Waals surface area (Å²) in [4.78, 5) is 38.3. The summed E-state index contributed by atoms with van der Waals surface area (Å²) in [5, 5.41) is 25.9. The van der Waals surface area contributed by atoms with Crippen molar-refractivity contribution in [1.82, 2.24) is 14.8 Å². The molecule has 0 unspecified atom stereocenters. The molecule has 34 heavy (non-hydrogen) atoms. The zero-order chi connectivity index (χ0) is 25.1. The minimum Gasteiger partial charge on any atom is -0.355 e. The van der Waals surface area contributed by atoms with Gasteiger partial charge in [0.05, 0.1) is 12.6 Å². The van der Waals surface area contributed by atoms with E-state index in [2.05, 4.69) is 27.4 Å². The molecular weight excluding hydrogens is 454 g/mol. The van der Waals surface area contributed by atoms with Crippen molar-refractivity contribution >= 4 is 46.0 Å². The van der Waals surface area contributed by atoms with Crippen LogP contribution < -0.4 is 30.7 Å². The molecule has 174 valence electrons. The molecule has 11 heteroatoms. The third-order valence-corrected chi connectivity index (χ3v) is 5.16. The van der Waals surface area contributed by atoms with Gasteiger partial charge < -0.3 is 20.9 Å². The maximum atomic E-state index is 12.7. The minimum atomic E-state index is -0.743. The van der Waals surface area contributed by atoms with Crippen molar-refractivity contribution in [3.8, 4) is 12.1 Å². The highest BCUT2D eigenvalue weighted by molar-refractivity contribution is 7.07. The average Bonchev–Trinajstić information content (AvgIpc) is 3.09. The molecule has 2 amide bonds. The smallest absolute Gasteiger partial charge is 0.277 e. The number of anilines is 2. The number of hydrogen-bond donors (Lipinski definition) is 3. The van der Waals surface area contributed by atoms with E-state index in [1.54, 1.807) is 62.3 Å². The van der Waals surface area contributed by atoms with Crippen molar-refractivity contribution < 1.29 is 9.59 Å². The van der Waals surface area contributed by atoms with E-state index in [4.69, 9.17) is 5.26 Å². The Hall–Kier alpha value is -4.37. The van der Waals surface area contributed by atoms with Crippen LogP contribution in [0.2, 0.25) is 0 Å².